The van der Waals surface area contributed by atoms with E-state index >= 15 is 0 Å². The number of nitrogens with one attached hydrogen (secondary N) is 2. The molecule has 0 saturated carbocycles. The molecular weight excluding hydrogens is 394 g/mol. The second kappa shape index (κ2) is 11.9. The minimum atomic E-state index is -1.29. The van der Waals surface area contributed by atoms with Gasteiger partial charge in [0.05, 0.1) is 6.61 Å². The van der Waals surface area contributed by atoms with Gasteiger partial charge in [0, 0.05) is 34.2 Å². The summed E-state index contributed by atoms with van der Waals surface area (Å²) in [5.41, 5.74) is 10.9. The van der Waals surface area contributed by atoms with Crippen molar-refractivity contribution < 1.29 is 52.8 Å². The van der Waals surface area contributed by atoms with E-state index in [9.17, 15) is 19.2 Å². The molecule has 1 aliphatic heterocycles. The molecule has 0 amide bonds. The van der Waals surface area contributed by atoms with Crippen molar-refractivity contribution in [1.82, 2.24) is 5.43 Å². The zero-order chi connectivity index (χ0) is 22.0. The highest BCUT2D eigenvalue weighted by Gasteiger charge is 2.52. The molecule has 164 valence electrons. The number of ether oxygens (including phenoxy) is 6. The second-order valence-electron chi connectivity index (χ2n) is 5.98. The maximum absolute atomic E-state index is 11.6. The smallest absolute Gasteiger partial charge is 0.303 e. The predicted molar refractivity (Wildman–Crippen MR) is 90.2 cm³/mol. The molecule has 0 aromatic carbocycles. The molecule has 2 N–H and O–H groups in total. The van der Waals surface area contributed by atoms with Crippen molar-refractivity contribution >= 4 is 23.9 Å². The number of carbonyl (C=O) groups excluding carboxylic acids is 4. The van der Waals surface area contributed by atoms with Crippen LogP contribution in [-0.2, 0) is 47.6 Å². The highest BCUT2D eigenvalue weighted by Crippen LogP contribution is 2.29. The lowest BCUT2D eigenvalue weighted by Crippen LogP contribution is -2.76. The van der Waals surface area contributed by atoms with Crippen molar-refractivity contribution in [3.05, 3.63) is 5.53 Å². The summed E-state index contributed by atoms with van der Waals surface area (Å²) < 4.78 is 31.8. The van der Waals surface area contributed by atoms with E-state index in [0.717, 1.165) is 20.8 Å². The molecule has 0 aromatic rings. The van der Waals surface area contributed by atoms with Crippen LogP contribution in [0.1, 0.15) is 27.7 Å². The van der Waals surface area contributed by atoms with Gasteiger partial charge in [-0.25, -0.2) is 0 Å². The Morgan fingerprint density at radius 3 is 1.97 bits per heavy atom. The standard InChI is InChI=1S/C16H25N3O10/c1-8(20)25-7-12-13(26-9(2)21)14(27-10(3)22)15(28-11(4)23)16(29-12)24-6-5-18-19-17/h12-16,19H,5-7H2,1-4H3,(H-,17,18)/t12-,13+,14+,15+,16-/m1/s1. The Labute approximate surface area is 166 Å². The van der Waals surface area contributed by atoms with Gasteiger partial charge < -0.3 is 28.4 Å². The lowest BCUT2D eigenvalue weighted by molar-refractivity contribution is -0.549. The molecule has 0 spiro atoms. The van der Waals surface area contributed by atoms with Crippen LogP contribution in [0, 0.1) is 0 Å². The van der Waals surface area contributed by atoms with Gasteiger partial charge in [0.2, 0.25) is 0 Å². The lowest BCUT2D eigenvalue weighted by Gasteiger charge is -2.44. The van der Waals surface area contributed by atoms with Crippen LogP contribution in [0.25, 0.3) is 5.53 Å². The Hall–Kier alpha value is -2.80. The Morgan fingerprint density at radius 1 is 0.897 bits per heavy atom. The molecule has 0 aliphatic carbocycles. The summed E-state index contributed by atoms with van der Waals surface area (Å²) in [5.74, 6) is -2.79. The van der Waals surface area contributed by atoms with Gasteiger partial charge in [-0.15, -0.1) is 0 Å². The van der Waals surface area contributed by atoms with Crippen LogP contribution in [0.4, 0.5) is 0 Å². The fraction of sp³-hybridized carbons (Fsp3) is 0.750. The van der Waals surface area contributed by atoms with Crippen LogP contribution in [0.3, 0.4) is 0 Å². The molecule has 1 saturated heterocycles. The third kappa shape index (κ3) is 8.39. The second-order valence-corrected chi connectivity index (χ2v) is 5.98. The summed E-state index contributed by atoms with van der Waals surface area (Å²) in [5, 5.41) is 1.71. The van der Waals surface area contributed by atoms with Gasteiger partial charge in [-0.1, -0.05) is 0 Å². The summed E-state index contributed by atoms with van der Waals surface area (Å²) in [6, 6.07) is 0. The van der Waals surface area contributed by atoms with Crippen LogP contribution >= 0.6 is 0 Å². The van der Waals surface area contributed by atoms with Gasteiger partial charge in [-0.2, -0.15) is 10.8 Å². The molecule has 0 unspecified atom stereocenters. The summed E-state index contributed by atoms with van der Waals surface area (Å²) in [6.07, 6.45) is -6.14. The van der Waals surface area contributed by atoms with E-state index in [1.807, 2.05) is 0 Å². The molecule has 0 bridgehead atoms. The first-order chi connectivity index (χ1) is 13.6. The first kappa shape index (κ1) is 24.2. The van der Waals surface area contributed by atoms with Gasteiger partial charge in [0.1, 0.15) is 12.7 Å². The maximum Gasteiger partial charge on any atom is 0.303 e. The number of carbonyl (C=O) groups is 4. The quantitative estimate of drug-likeness (QED) is 0.128. The average molecular weight is 419 g/mol. The molecule has 0 radical (unpaired) electrons. The van der Waals surface area contributed by atoms with Gasteiger partial charge in [-0.3, -0.25) is 24.6 Å². The Morgan fingerprint density at radius 2 is 1.45 bits per heavy atom. The zero-order valence-electron chi connectivity index (χ0n) is 16.5. The molecule has 29 heavy (non-hydrogen) atoms. The van der Waals surface area contributed by atoms with Crippen LogP contribution in [0.2, 0.25) is 0 Å². The Bertz CT molecular complexity index is 614. The molecule has 13 heteroatoms. The normalized spacial score (nSPS) is 26.0. The number of hydrogen-bond acceptors (Lipinski definition) is 10. The summed E-state index contributed by atoms with van der Waals surface area (Å²) in [4.78, 5) is 46.0. The van der Waals surface area contributed by atoms with Crippen LogP contribution in [-0.4, -0.2) is 74.3 Å². The highest BCUT2D eigenvalue weighted by atomic mass is 16.7. The van der Waals surface area contributed by atoms with E-state index in [1.165, 1.54) is 6.92 Å². The van der Waals surface area contributed by atoms with E-state index in [-0.39, 0.29) is 19.8 Å². The van der Waals surface area contributed by atoms with Crippen molar-refractivity contribution in [2.75, 3.05) is 19.8 Å². The monoisotopic (exact) mass is 419 g/mol. The van der Waals surface area contributed by atoms with E-state index in [0.29, 0.717) is 0 Å². The zero-order valence-corrected chi connectivity index (χ0v) is 16.5. The lowest BCUT2D eigenvalue weighted by atomic mass is 9.98. The summed E-state index contributed by atoms with van der Waals surface area (Å²) >= 11 is 0. The third-order valence-electron chi connectivity index (χ3n) is 3.54. The van der Waals surface area contributed by atoms with Gasteiger partial charge in [0.15, 0.2) is 24.6 Å². The van der Waals surface area contributed by atoms with Crippen molar-refractivity contribution in [3.8, 4) is 0 Å². The molecule has 1 fully saturated rings. The molecular formula is C16H25N3O10. The average Bonchev–Trinajstić information content (AvgIpc) is 2.60. The van der Waals surface area contributed by atoms with E-state index in [1.54, 1.807) is 5.22 Å². The van der Waals surface area contributed by atoms with Gasteiger partial charge >= 0.3 is 23.9 Å². The molecule has 13 nitrogen and oxygen atoms in total. The largest absolute Gasteiger partial charge is 0.463 e. The molecule has 0 aromatic heterocycles. The highest BCUT2D eigenvalue weighted by molar-refractivity contribution is 5.68. The number of hydrazine groups is 1. The third-order valence-corrected chi connectivity index (χ3v) is 3.54. The van der Waals surface area contributed by atoms with Crippen LogP contribution < -0.4 is 10.6 Å². The van der Waals surface area contributed by atoms with Crippen molar-refractivity contribution in [2.24, 2.45) is 0 Å². The topological polar surface area (TPSA) is 172 Å². The summed E-state index contributed by atoms with van der Waals surface area (Å²) in [7, 11) is 0. The fourth-order valence-electron chi connectivity index (χ4n) is 2.60. The van der Waals surface area contributed by atoms with Crippen molar-refractivity contribution in [3.63, 3.8) is 0 Å². The molecule has 1 heterocycles. The Kier molecular flexibility index (Phi) is 9.96. The SMILES string of the molecule is CC(=O)OC[C@H]1O[C@@H](OCCN[NH+]=[N-])[C@@H](OC(C)=O)[C@@H](OC(C)=O)[C@H]1OC(C)=O. The number of esters is 4. The molecule has 1 aliphatic rings. The molecule has 5 atom stereocenters. The number of hydrogen-bond donors (Lipinski definition) is 2. The first-order valence-corrected chi connectivity index (χ1v) is 8.69. The summed E-state index contributed by atoms with van der Waals surface area (Å²) in [6.45, 7) is 4.32. The number of nitrogens with zero attached hydrogens (tertiary/aromatic N) is 1. The minimum Gasteiger partial charge on any atom is -0.463 e. The van der Waals surface area contributed by atoms with Gasteiger partial charge in [0.25, 0.3) is 0 Å². The van der Waals surface area contributed by atoms with Crippen LogP contribution in [0.5, 0.6) is 0 Å². The van der Waals surface area contributed by atoms with Gasteiger partial charge in [-0.05, 0) is 0 Å². The van der Waals surface area contributed by atoms with Crippen LogP contribution in [0.15, 0.2) is 0 Å². The Balaban J connectivity index is 3.19. The predicted octanol–water partition coefficient (Wildman–Crippen LogP) is -2.31. The van der Waals surface area contributed by atoms with E-state index in [4.69, 9.17) is 34.0 Å². The van der Waals surface area contributed by atoms with E-state index in [2.05, 4.69) is 5.43 Å². The number of rotatable bonds is 10. The maximum atomic E-state index is 11.6. The van der Waals surface area contributed by atoms with Crippen molar-refractivity contribution in [1.29, 1.82) is 0 Å². The molecule has 1 rings (SSSR count). The first-order valence-electron chi connectivity index (χ1n) is 8.69. The fourth-order valence-corrected chi connectivity index (χ4v) is 2.60. The van der Waals surface area contributed by atoms with E-state index < -0.39 is 54.6 Å². The van der Waals surface area contributed by atoms with Crippen molar-refractivity contribution in [2.45, 2.75) is 58.4 Å². The minimum absolute atomic E-state index is 0.0265.